The number of hydrogen-bond donors (Lipinski definition) is 2. The summed E-state index contributed by atoms with van der Waals surface area (Å²) < 4.78 is 19.5. The second-order valence-corrected chi connectivity index (χ2v) is 5.87. The van der Waals surface area contributed by atoms with Gasteiger partial charge in [0.25, 0.3) is 0 Å². The predicted octanol–water partition coefficient (Wildman–Crippen LogP) is 2.94. The highest BCUT2D eigenvalue weighted by Gasteiger charge is 2.21. The molecule has 0 aromatic heterocycles. The van der Waals surface area contributed by atoms with Crippen molar-refractivity contribution in [3.63, 3.8) is 0 Å². The number of ether oxygens (including phenoxy) is 1. The lowest BCUT2D eigenvalue weighted by Crippen LogP contribution is -2.36. The van der Waals surface area contributed by atoms with Gasteiger partial charge in [0.2, 0.25) is 0 Å². The molecule has 1 aliphatic carbocycles. The molecule has 1 saturated carbocycles. The quantitative estimate of drug-likeness (QED) is 0.843. The molecule has 1 unspecified atom stereocenters. The van der Waals surface area contributed by atoms with Crippen molar-refractivity contribution >= 4 is 17.7 Å². The molecule has 6 nitrogen and oxygen atoms in total. The minimum atomic E-state index is -0.979. The third-order valence-corrected chi connectivity index (χ3v) is 3.84. The SMILES string of the molecule is CC(CN(C)C(=O)Nc1ccc(OC2CCC2)c(F)c1)C(=O)O. The molecular formula is C16H21FN2O4. The average Bonchev–Trinajstić information content (AvgIpc) is 2.44. The number of carbonyl (C=O) groups is 2. The molecular weight excluding hydrogens is 303 g/mol. The zero-order valence-corrected chi connectivity index (χ0v) is 13.2. The van der Waals surface area contributed by atoms with Gasteiger partial charge in [-0.1, -0.05) is 6.92 Å². The lowest BCUT2D eigenvalue weighted by molar-refractivity contribution is -0.141. The summed E-state index contributed by atoms with van der Waals surface area (Å²) in [6, 6.07) is 3.75. The maximum Gasteiger partial charge on any atom is 0.321 e. The number of carboxylic acids is 1. The second-order valence-electron chi connectivity index (χ2n) is 5.87. The fourth-order valence-corrected chi connectivity index (χ4v) is 2.13. The van der Waals surface area contributed by atoms with Gasteiger partial charge in [-0.25, -0.2) is 9.18 Å². The number of anilines is 1. The van der Waals surface area contributed by atoms with Gasteiger partial charge >= 0.3 is 12.0 Å². The van der Waals surface area contributed by atoms with Gasteiger partial charge in [-0.3, -0.25) is 4.79 Å². The van der Waals surface area contributed by atoms with E-state index >= 15 is 0 Å². The lowest BCUT2D eigenvalue weighted by atomic mass is 9.96. The first-order chi connectivity index (χ1) is 10.9. The first kappa shape index (κ1) is 17.1. The summed E-state index contributed by atoms with van der Waals surface area (Å²) in [5.41, 5.74) is 0.295. The minimum Gasteiger partial charge on any atom is -0.487 e. The van der Waals surface area contributed by atoms with Crippen LogP contribution in [0.4, 0.5) is 14.9 Å². The van der Waals surface area contributed by atoms with Crippen LogP contribution in [0.1, 0.15) is 26.2 Å². The summed E-state index contributed by atoms with van der Waals surface area (Å²) >= 11 is 0. The Balaban J connectivity index is 1.92. The van der Waals surface area contributed by atoms with Crippen molar-refractivity contribution in [3.05, 3.63) is 24.0 Å². The van der Waals surface area contributed by atoms with Gasteiger partial charge in [0.05, 0.1) is 12.0 Å². The number of benzene rings is 1. The highest BCUT2D eigenvalue weighted by Crippen LogP contribution is 2.28. The van der Waals surface area contributed by atoms with Crippen molar-refractivity contribution in [2.24, 2.45) is 5.92 Å². The maximum absolute atomic E-state index is 14.0. The summed E-state index contributed by atoms with van der Waals surface area (Å²) in [6.45, 7) is 1.57. The van der Waals surface area contributed by atoms with Crippen molar-refractivity contribution in [1.29, 1.82) is 0 Å². The van der Waals surface area contributed by atoms with Gasteiger partial charge in [-0.05, 0) is 31.4 Å². The molecule has 0 radical (unpaired) electrons. The van der Waals surface area contributed by atoms with Crippen molar-refractivity contribution < 1.29 is 23.8 Å². The smallest absolute Gasteiger partial charge is 0.321 e. The molecule has 0 saturated heterocycles. The molecule has 2 N–H and O–H groups in total. The van der Waals surface area contributed by atoms with E-state index in [1.165, 1.54) is 31.0 Å². The minimum absolute atomic E-state index is 0.0620. The zero-order chi connectivity index (χ0) is 17.0. The number of nitrogens with one attached hydrogen (secondary N) is 1. The number of urea groups is 1. The maximum atomic E-state index is 14.0. The fraction of sp³-hybridized carbons (Fsp3) is 0.500. The zero-order valence-electron chi connectivity index (χ0n) is 13.2. The molecule has 1 aromatic rings. The average molecular weight is 324 g/mol. The molecule has 0 bridgehead atoms. The van der Waals surface area contributed by atoms with E-state index in [1.54, 1.807) is 6.07 Å². The van der Waals surface area contributed by atoms with Crippen molar-refractivity contribution in [3.8, 4) is 5.75 Å². The van der Waals surface area contributed by atoms with E-state index in [-0.39, 0.29) is 18.4 Å². The summed E-state index contributed by atoms with van der Waals surface area (Å²) in [4.78, 5) is 24.0. The van der Waals surface area contributed by atoms with E-state index in [0.29, 0.717) is 5.69 Å². The van der Waals surface area contributed by atoms with Crippen LogP contribution in [0.15, 0.2) is 18.2 Å². The molecule has 1 aromatic carbocycles. The van der Waals surface area contributed by atoms with Gasteiger partial charge in [0.1, 0.15) is 0 Å². The Bertz CT molecular complexity index is 589. The Morgan fingerprint density at radius 3 is 2.70 bits per heavy atom. The Morgan fingerprint density at radius 2 is 2.17 bits per heavy atom. The molecule has 2 amide bonds. The summed E-state index contributed by atoms with van der Waals surface area (Å²) in [6.07, 6.45) is 3.05. The number of carboxylic acid groups (broad SMARTS) is 1. The van der Waals surface area contributed by atoms with Crippen LogP contribution in [0.2, 0.25) is 0 Å². The molecule has 0 aliphatic heterocycles. The van der Waals surface area contributed by atoms with E-state index < -0.39 is 23.7 Å². The third-order valence-electron chi connectivity index (χ3n) is 3.84. The number of aliphatic carboxylic acids is 1. The van der Waals surface area contributed by atoms with Crippen LogP contribution in [0, 0.1) is 11.7 Å². The highest BCUT2D eigenvalue weighted by atomic mass is 19.1. The van der Waals surface area contributed by atoms with Crippen LogP contribution < -0.4 is 10.1 Å². The van der Waals surface area contributed by atoms with Gasteiger partial charge in [-0.2, -0.15) is 0 Å². The summed E-state index contributed by atoms with van der Waals surface area (Å²) in [7, 11) is 1.49. The normalized spacial score (nSPS) is 15.4. The monoisotopic (exact) mass is 324 g/mol. The van der Waals surface area contributed by atoms with Crippen LogP contribution in [0.5, 0.6) is 5.75 Å². The van der Waals surface area contributed by atoms with Crippen LogP contribution in [-0.2, 0) is 4.79 Å². The van der Waals surface area contributed by atoms with Crippen LogP contribution in [0.25, 0.3) is 0 Å². The molecule has 23 heavy (non-hydrogen) atoms. The number of amides is 2. The van der Waals surface area contributed by atoms with Crippen LogP contribution in [0.3, 0.4) is 0 Å². The predicted molar refractivity (Wildman–Crippen MR) is 83.1 cm³/mol. The van der Waals surface area contributed by atoms with Gasteiger partial charge < -0.3 is 20.1 Å². The van der Waals surface area contributed by atoms with Gasteiger partial charge in [0.15, 0.2) is 11.6 Å². The number of hydrogen-bond acceptors (Lipinski definition) is 3. The Morgan fingerprint density at radius 1 is 1.48 bits per heavy atom. The molecule has 0 heterocycles. The molecule has 126 valence electrons. The van der Waals surface area contributed by atoms with Crippen molar-refractivity contribution in [1.82, 2.24) is 4.90 Å². The lowest BCUT2D eigenvalue weighted by Gasteiger charge is -2.26. The molecule has 1 aliphatic rings. The molecule has 0 spiro atoms. The number of rotatable bonds is 6. The molecule has 7 heteroatoms. The fourth-order valence-electron chi connectivity index (χ4n) is 2.13. The van der Waals surface area contributed by atoms with Crippen molar-refractivity contribution in [2.45, 2.75) is 32.3 Å². The number of nitrogens with zero attached hydrogens (tertiary/aromatic N) is 1. The van der Waals surface area contributed by atoms with E-state index in [0.717, 1.165) is 19.3 Å². The number of halogens is 1. The summed E-state index contributed by atoms with van der Waals surface area (Å²) in [5.74, 6) is -2.01. The number of carbonyl (C=O) groups excluding carboxylic acids is 1. The standard InChI is InChI=1S/C16H21FN2O4/c1-10(15(20)21)9-19(2)16(22)18-11-6-7-14(13(17)8-11)23-12-4-3-5-12/h6-8,10,12H,3-5,9H2,1-2H3,(H,18,22)(H,20,21). The first-order valence-electron chi connectivity index (χ1n) is 7.58. The van der Waals surface area contributed by atoms with E-state index in [1.807, 2.05) is 0 Å². The molecule has 2 rings (SSSR count). The van der Waals surface area contributed by atoms with E-state index in [9.17, 15) is 14.0 Å². The van der Waals surface area contributed by atoms with Crippen LogP contribution in [-0.4, -0.2) is 41.7 Å². The van der Waals surface area contributed by atoms with Crippen molar-refractivity contribution in [2.75, 3.05) is 18.9 Å². The first-order valence-corrected chi connectivity index (χ1v) is 7.58. The third kappa shape index (κ3) is 4.58. The topological polar surface area (TPSA) is 78.9 Å². The Hall–Kier alpha value is -2.31. The second kappa shape index (κ2) is 7.30. The Kier molecular flexibility index (Phi) is 5.41. The molecule has 1 atom stereocenters. The molecule has 1 fully saturated rings. The summed E-state index contributed by atoms with van der Waals surface area (Å²) in [5, 5.41) is 11.4. The van der Waals surface area contributed by atoms with E-state index in [2.05, 4.69) is 5.32 Å². The Labute approximate surface area is 134 Å². The van der Waals surface area contributed by atoms with Crippen LogP contribution >= 0.6 is 0 Å². The van der Waals surface area contributed by atoms with E-state index in [4.69, 9.17) is 9.84 Å². The van der Waals surface area contributed by atoms with Gasteiger partial charge in [-0.15, -0.1) is 0 Å². The largest absolute Gasteiger partial charge is 0.487 e. The highest BCUT2D eigenvalue weighted by molar-refractivity contribution is 5.89. The van der Waals surface area contributed by atoms with Gasteiger partial charge in [0, 0.05) is 25.3 Å².